The molecule has 1 aliphatic heterocycles. The highest BCUT2D eigenvalue weighted by Crippen LogP contribution is 2.30. The van der Waals surface area contributed by atoms with Crippen LogP contribution < -0.4 is 10.1 Å². The summed E-state index contributed by atoms with van der Waals surface area (Å²) in [4.78, 5) is 12.9. The van der Waals surface area contributed by atoms with Crippen LogP contribution in [0.25, 0.3) is 11.4 Å². The van der Waals surface area contributed by atoms with E-state index in [1.54, 1.807) is 6.07 Å². The van der Waals surface area contributed by atoms with E-state index < -0.39 is 11.2 Å². The minimum atomic E-state index is -1.02. The summed E-state index contributed by atoms with van der Waals surface area (Å²) >= 11 is -1.02. The second kappa shape index (κ2) is 10.7. The molecule has 1 fully saturated rings. The summed E-state index contributed by atoms with van der Waals surface area (Å²) in [6.07, 6.45) is 5.10. The van der Waals surface area contributed by atoms with Gasteiger partial charge in [0.25, 0.3) is 0 Å². The molecule has 7 nitrogen and oxygen atoms in total. The van der Waals surface area contributed by atoms with Gasteiger partial charge >= 0.3 is 0 Å². The van der Waals surface area contributed by atoms with Crippen LogP contribution >= 0.6 is 11.2 Å². The average molecular weight is 459 g/mol. The van der Waals surface area contributed by atoms with E-state index in [0.29, 0.717) is 41.4 Å². The molecular formula is C23H27FN4O3S. The number of ether oxygens (including phenoxy) is 2. The van der Waals surface area contributed by atoms with Gasteiger partial charge < -0.3 is 19.3 Å². The molecule has 32 heavy (non-hydrogen) atoms. The smallest absolute Gasteiger partial charge is 0.230 e. The molecule has 2 aromatic carbocycles. The van der Waals surface area contributed by atoms with Crippen LogP contribution in [-0.2, 0) is 10.5 Å². The summed E-state index contributed by atoms with van der Waals surface area (Å²) in [5, 5.41) is 3.16. The minimum Gasteiger partial charge on any atom is -0.493 e. The summed E-state index contributed by atoms with van der Waals surface area (Å²) < 4.78 is 35.2. The van der Waals surface area contributed by atoms with Crippen LogP contribution in [0, 0.1) is 11.7 Å². The van der Waals surface area contributed by atoms with Gasteiger partial charge in [-0.05, 0) is 60.9 Å². The van der Waals surface area contributed by atoms with Gasteiger partial charge in [-0.1, -0.05) is 12.1 Å². The van der Waals surface area contributed by atoms with Crippen LogP contribution in [0.5, 0.6) is 5.75 Å². The minimum absolute atomic E-state index is 0.326. The normalized spacial score (nSPS) is 15.9. The molecule has 1 saturated heterocycles. The summed E-state index contributed by atoms with van der Waals surface area (Å²) in [5.74, 6) is 1.84. The molecule has 1 atom stereocenters. The summed E-state index contributed by atoms with van der Waals surface area (Å²) in [6.45, 7) is 2.02. The molecular weight excluding hydrogens is 431 g/mol. The van der Waals surface area contributed by atoms with Gasteiger partial charge in [0.15, 0.2) is 5.82 Å². The van der Waals surface area contributed by atoms with E-state index in [4.69, 9.17) is 9.47 Å². The zero-order chi connectivity index (χ0) is 22.3. The number of benzene rings is 2. The van der Waals surface area contributed by atoms with Crippen molar-refractivity contribution in [1.29, 1.82) is 0 Å². The maximum Gasteiger partial charge on any atom is 0.230 e. The number of aromatic nitrogens is 3. The van der Waals surface area contributed by atoms with Gasteiger partial charge in [-0.25, -0.2) is 14.4 Å². The van der Waals surface area contributed by atoms with Crippen LogP contribution in [-0.4, -0.2) is 45.6 Å². The average Bonchev–Trinajstić information content (AvgIpc) is 2.79. The molecule has 4 rings (SSSR count). The lowest BCUT2D eigenvalue weighted by molar-refractivity contribution is 0.0498. The van der Waals surface area contributed by atoms with Crippen molar-refractivity contribution in [1.82, 2.24) is 15.0 Å². The summed E-state index contributed by atoms with van der Waals surface area (Å²) in [7, 11) is 0. The van der Waals surface area contributed by atoms with E-state index in [9.17, 15) is 8.94 Å². The van der Waals surface area contributed by atoms with Crippen LogP contribution in [0.3, 0.4) is 0 Å². The zero-order valence-corrected chi connectivity index (χ0v) is 18.8. The van der Waals surface area contributed by atoms with Crippen LogP contribution in [0.15, 0.2) is 48.8 Å². The molecule has 1 aliphatic rings. The van der Waals surface area contributed by atoms with Crippen molar-refractivity contribution in [3.05, 3.63) is 60.2 Å². The second-order valence-corrected chi connectivity index (χ2v) is 9.41. The molecule has 2 heterocycles. The molecule has 0 bridgehead atoms. The number of nitrogens with one attached hydrogen (secondary N) is 1. The van der Waals surface area contributed by atoms with Gasteiger partial charge in [-0.2, -0.15) is 4.98 Å². The van der Waals surface area contributed by atoms with E-state index in [2.05, 4.69) is 20.3 Å². The fraction of sp³-hybridized carbons (Fsp3) is 0.348. The fourth-order valence-corrected chi connectivity index (χ4v) is 4.28. The molecule has 9 heteroatoms. The summed E-state index contributed by atoms with van der Waals surface area (Å²) in [6, 6.07) is 12.1. The molecule has 0 saturated carbocycles. The lowest BCUT2D eigenvalue weighted by atomic mass is 10.0. The number of nitrogens with zero attached hydrogens (tertiary/aromatic N) is 3. The van der Waals surface area contributed by atoms with Gasteiger partial charge in [0.2, 0.25) is 5.95 Å². The molecule has 1 unspecified atom stereocenters. The van der Waals surface area contributed by atoms with Crippen molar-refractivity contribution in [2.45, 2.75) is 18.6 Å². The monoisotopic (exact) mass is 458 g/mol. The van der Waals surface area contributed by atoms with Crippen molar-refractivity contribution in [3.8, 4) is 17.1 Å². The largest absolute Gasteiger partial charge is 0.493 e. The molecule has 0 spiro atoms. The lowest BCUT2D eigenvalue weighted by Crippen LogP contribution is -2.21. The molecule has 2 N–H and O–H groups in total. The Labute approximate surface area is 189 Å². The van der Waals surface area contributed by atoms with Crippen LogP contribution in [0.1, 0.15) is 18.4 Å². The maximum absolute atomic E-state index is 14.0. The van der Waals surface area contributed by atoms with Crippen molar-refractivity contribution < 1.29 is 18.4 Å². The van der Waals surface area contributed by atoms with Gasteiger partial charge in [0.1, 0.15) is 17.9 Å². The van der Waals surface area contributed by atoms with E-state index in [1.807, 2.05) is 30.5 Å². The van der Waals surface area contributed by atoms with Gasteiger partial charge in [0.05, 0.1) is 12.2 Å². The molecule has 0 radical (unpaired) electrons. The van der Waals surface area contributed by atoms with Crippen molar-refractivity contribution in [2.75, 3.05) is 31.4 Å². The number of hydrogen-bond acceptors (Lipinski definition) is 7. The molecule has 3 aromatic rings. The number of rotatable bonds is 8. The maximum atomic E-state index is 14.0. The Morgan fingerprint density at radius 2 is 2.03 bits per heavy atom. The van der Waals surface area contributed by atoms with Gasteiger partial charge in [-0.15, -0.1) is 11.2 Å². The number of thiol groups is 1. The van der Waals surface area contributed by atoms with Gasteiger partial charge in [-0.3, -0.25) is 0 Å². The lowest BCUT2D eigenvalue weighted by Gasteiger charge is -2.22. The molecule has 0 aliphatic carbocycles. The first kappa shape index (κ1) is 22.4. The Hall–Kier alpha value is -2.75. The van der Waals surface area contributed by atoms with Crippen LogP contribution in [0.4, 0.5) is 16.0 Å². The van der Waals surface area contributed by atoms with E-state index in [1.165, 1.54) is 18.5 Å². The number of hydrogen-bond donors (Lipinski definition) is 3. The SMILES string of the molecule is C[SH](O)Cc1cccc(Nc2ncnc(-c3cc(F)ccc3OCC3CCOCC3)n2)c1. The Balaban J connectivity index is 1.53. The first-order valence-electron chi connectivity index (χ1n) is 10.5. The van der Waals surface area contributed by atoms with Crippen molar-refractivity contribution in [2.24, 2.45) is 5.92 Å². The Morgan fingerprint density at radius 1 is 1.19 bits per heavy atom. The highest BCUT2D eigenvalue weighted by molar-refractivity contribution is 8.10. The highest BCUT2D eigenvalue weighted by atomic mass is 32.2. The first-order valence-corrected chi connectivity index (χ1v) is 12.4. The summed E-state index contributed by atoms with van der Waals surface area (Å²) in [5.41, 5.74) is 2.30. The zero-order valence-electron chi connectivity index (χ0n) is 17.9. The molecule has 170 valence electrons. The number of halogens is 1. The van der Waals surface area contributed by atoms with E-state index >= 15 is 0 Å². The van der Waals surface area contributed by atoms with Crippen LogP contribution in [0.2, 0.25) is 0 Å². The van der Waals surface area contributed by atoms with Gasteiger partial charge in [0, 0.05) is 24.7 Å². The predicted molar refractivity (Wildman–Crippen MR) is 125 cm³/mol. The molecule has 1 aromatic heterocycles. The third kappa shape index (κ3) is 6.15. The Kier molecular flexibility index (Phi) is 7.51. The van der Waals surface area contributed by atoms with E-state index in [0.717, 1.165) is 37.3 Å². The number of anilines is 2. The van der Waals surface area contributed by atoms with Crippen molar-refractivity contribution >= 4 is 22.8 Å². The van der Waals surface area contributed by atoms with E-state index in [-0.39, 0.29) is 5.82 Å². The quantitative estimate of drug-likeness (QED) is 0.417. The Bertz CT molecular complexity index is 1050. The fourth-order valence-electron chi connectivity index (χ4n) is 3.55. The third-order valence-electron chi connectivity index (χ3n) is 5.16. The molecule has 0 amide bonds. The Morgan fingerprint density at radius 3 is 2.84 bits per heavy atom. The first-order chi connectivity index (χ1) is 15.6. The topological polar surface area (TPSA) is 89.4 Å². The second-order valence-electron chi connectivity index (χ2n) is 7.78. The van der Waals surface area contributed by atoms with Crippen molar-refractivity contribution in [3.63, 3.8) is 0 Å². The third-order valence-corrected chi connectivity index (χ3v) is 5.99. The highest BCUT2D eigenvalue weighted by Gasteiger charge is 2.17. The predicted octanol–water partition coefficient (Wildman–Crippen LogP) is 4.83. The standard InChI is InChI=1S/C23H27FN4O3S/c1-32(29)14-17-3-2-4-19(11-17)27-23-26-15-25-22(28-23)20-12-18(24)5-6-21(20)31-13-16-7-9-30-10-8-16/h2-6,11-12,15-16,29,32H,7-10,13-14H2,1H3,(H,25,26,27,28).